The van der Waals surface area contributed by atoms with Crippen molar-refractivity contribution in [1.29, 1.82) is 0 Å². The smallest absolute Gasteiger partial charge is 0.237 e. The first-order valence-electron chi connectivity index (χ1n) is 9.36. The number of rotatable bonds is 7. The third-order valence-electron chi connectivity index (χ3n) is 4.63. The van der Waals surface area contributed by atoms with Crippen LogP contribution in [0.3, 0.4) is 0 Å². The van der Waals surface area contributed by atoms with E-state index in [9.17, 15) is 13.2 Å². The molecule has 0 radical (unpaired) electrons. The summed E-state index contributed by atoms with van der Waals surface area (Å²) in [5, 5.41) is 12.1. The molecule has 1 aliphatic rings. The largest absolute Gasteiger partial charge is 0.330 e. The third kappa shape index (κ3) is 5.18. The fourth-order valence-electron chi connectivity index (χ4n) is 3.28. The van der Waals surface area contributed by atoms with Crippen molar-refractivity contribution < 1.29 is 13.2 Å². The lowest BCUT2D eigenvalue weighted by Crippen LogP contribution is -2.42. The van der Waals surface area contributed by atoms with Crippen LogP contribution in [0.15, 0.2) is 65.0 Å². The molecule has 0 spiro atoms. The van der Waals surface area contributed by atoms with E-state index < -0.39 is 9.84 Å². The van der Waals surface area contributed by atoms with Gasteiger partial charge in [0.15, 0.2) is 14.2 Å². The fourth-order valence-corrected chi connectivity index (χ4v) is 6.61. The fraction of sp³-hybridized carbons (Fsp3) is 0.250. The summed E-state index contributed by atoms with van der Waals surface area (Å²) in [6, 6.07) is 18.6. The highest BCUT2D eigenvalue weighted by molar-refractivity contribution is 8.01. The van der Waals surface area contributed by atoms with Gasteiger partial charge in [0, 0.05) is 11.4 Å². The van der Waals surface area contributed by atoms with Crippen LogP contribution in [0.2, 0.25) is 0 Å². The van der Waals surface area contributed by atoms with E-state index in [2.05, 4.69) is 15.5 Å². The van der Waals surface area contributed by atoms with Crippen molar-refractivity contribution in [3.8, 4) is 0 Å². The molecule has 10 heteroatoms. The van der Waals surface area contributed by atoms with Crippen LogP contribution in [0, 0.1) is 0 Å². The van der Waals surface area contributed by atoms with Gasteiger partial charge in [-0.1, -0.05) is 59.5 Å². The predicted molar refractivity (Wildman–Crippen MR) is 121 cm³/mol. The molecule has 3 aromatic rings. The highest BCUT2D eigenvalue weighted by Crippen LogP contribution is 2.30. The molecule has 1 fully saturated rings. The van der Waals surface area contributed by atoms with Crippen LogP contribution in [0.4, 0.5) is 16.5 Å². The van der Waals surface area contributed by atoms with Gasteiger partial charge in [-0.25, -0.2) is 8.42 Å². The Morgan fingerprint density at radius 3 is 2.47 bits per heavy atom. The molecule has 1 aliphatic heterocycles. The number of sulfone groups is 1. The van der Waals surface area contributed by atoms with E-state index in [0.717, 1.165) is 5.69 Å². The van der Waals surface area contributed by atoms with Crippen molar-refractivity contribution in [1.82, 2.24) is 10.2 Å². The topological polar surface area (TPSA) is 92.3 Å². The summed E-state index contributed by atoms with van der Waals surface area (Å²) in [4.78, 5) is 14.7. The minimum atomic E-state index is -3.10. The molecule has 1 saturated heterocycles. The molecule has 0 saturated carbocycles. The first-order chi connectivity index (χ1) is 14.5. The van der Waals surface area contributed by atoms with Crippen LogP contribution in [0.25, 0.3) is 0 Å². The maximum Gasteiger partial charge on any atom is 0.237 e. The molecule has 1 aromatic heterocycles. The van der Waals surface area contributed by atoms with Crippen molar-refractivity contribution in [2.24, 2.45) is 0 Å². The average Bonchev–Trinajstić information content (AvgIpc) is 3.34. The number of benzene rings is 2. The molecular weight excluding hydrogens is 440 g/mol. The number of nitrogens with one attached hydrogen (secondary N) is 1. The van der Waals surface area contributed by atoms with E-state index in [4.69, 9.17) is 0 Å². The second-order valence-electron chi connectivity index (χ2n) is 6.81. The van der Waals surface area contributed by atoms with Crippen LogP contribution in [0.1, 0.15) is 6.42 Å². The number of para-hydroxylation sites is 2. The highest BCUT2D eigenvalue weighted by atomic mass is 32.2. The lowest BCUT2D eigenvalue weighted by atomic mass is 10.2. The molecule has 0 aliphatic carbocycles. The van der Waals surface area contributed by atoms with E-state index in [-0.39, 0.29) is 29.2 Å². The van der Waals surface area contributed by atoms with Crippen molar-refractivity contribution in [3.63, 3.8) is 0 Å². The van der Waals surface area contributed by atoms with Crippen molar-refractivity contribution in [3.05, 3.63) is 60.7 Å². The number of aromatic nitrogens is 2. The predicted octanol–water partition coefficient (Wildman–Crippen LogP) is 3.59. The van der Waals surface area contributed by atoms with Gasteiger partial charge in [0.25, 0.3) is 0 Å². The van der Waals surface area contributed by atoms with Crippen LogP contribution in [0.5, 0.6) is 0 Å². The SMILES string of the molecule is O=C(CSc1nnc(Nc2ccccc2)s1)N(c1ccccc1)C1CCS(=O)(=O)C1. The molecule has 2 heterocycles. The van der Waals surface area contributed by atoms with E-state index in [0.29, 0.717) is 21.6 Å². The molecule has 1 unspecified atom stereocenters. The van der Waals surface area contributed by atoms with Gasteiger partial charge < -0.3 is 10.2 Å². The third-order valence-corrected chi connectivity index (χ3v) is 8.33. The molecule has 30 heavy (non-hydrogen) atoms. The first kappa shape index (κ1) is 20.8. The number of amides is 1. The summed E-state index contributed by atoms with van der Waals surface area (Å²) >= 11 is 2.68. The second kappa shape index (κ2) is 9.15. The minimum Gasteiger partial charge on any atom is -0.330 e. The molecule has 1 N–H and O–H groups in total. The van der Waals surface area contributed by atoms with Gasteiger partial charge in [0.05, 0.1) is 23.3 Å². The van der Waals surface area contributed by atoms with Gasteiger partial charge >= 0.3 is 0 Å². The number of nitrogens with zero attached hydrogens (tertiary/aromatic N) is 3. The number of hydrogen-bond acceptors (Lipinski definition) is 8. The van der Waals surface area contributed by atoms with Crippen molar-refractivity contribution in [2.45, 2.75) is 16.8 Å². The van der Waals surface area contributed by atoms with Crippen LogP contribution < -0.4 is 10.2 Å². The van der Waals surface area contributed by atoms with Gasteiger partial charge in [-0.3, -0.25) is 4.79 Å². The zero-order valence-corrected chi connectivity index (χ0v) is 18.4. The number of anilines is 3. The van der Waals surface area contributed by atoms with Gasteiger partial charge in [-0.15, -0.1) is 10.2 Å². The molecule has 156 valence electrons. The summed E-state index contributed by atoms with van der Waals surface area (Å²) in [5.41, 5.74) is 1.63. The molecule has 0 bridgehead atoms. The summed E-state index contributed by atoms with van der Waals surface area (Å²) in [7, 11) is -3.10. The molecule has 1 atom stereocenters. The number of thioether (sulfide) groups is 1. The Bertz CT molecular complexity index is 1100. The van der Waals surface area contributed by atoms with Crippen molar-refractivity contribution >= 4 is 55.3 Å². The summed E-state index contributed by atoms with van der Waals surface area (Å²) in [6.45, 7) is 0. The summed E-state index contributed by atoms with van der Waals surface area (Å²) < 4.78 is 24.6. The first-order valence-corrected chi connectivity index (χ1v) is 13.0. The van der Waals surface area contributed by atoms with Crippen LogP contribution >= 0.6 is 23.1 Å². The van der Waals surface area contributed by atoms with E-state index in [1.807, 2.05) is 60.7 Å². The maximum atomic E-state index is 13.1. The van der Waals surface area contributed by atoms with E-state index in [1.165, 1.54) is 23.1 Å². The monoisotopic (exact) mass is 460 g/mol. The molecule has 2 aromatic carbocycles. The lowest BCUT2D eigenvalue weighted by Gasteiger charge is -2.28. The Morgan fingerprint density at radius 2 is 1.80 bits per heavy atom. The second-order valence-corrected chi connectivity index (χ2v) is 11.2. The molecule has 4 rings (SSSR count). The molecule has 1 amide bonds. The quantitative estimate of drug-likeness (QED) is 0.539. The summed E-state index contributed by atoms with van der Waals surface area (Å²) in [6.07, 6.45) is 0.456. The minimum absolute atomic E-state index is 0.00223. The number of carbonyl (C=O) groups excluding carboxylic acids is 1. The highest BCUT2D eigenvalue weighted by Gasteiger charge is 2.35. The van der Waals surface area contributed by atoms with Gasteiger partial charge in [-0.05, 0) is 30.7 Å². The van der Waals surface area contributed by atoms with E-state index in [1.54, 1.807) is 4.90 Å². The van der Waals surface area contributed by atoms with Gasteiger partial charge in [0.1, 0.15) is 0 Å². The van der Waals surface area contributed by atoms with Crippen molar-refractivity contribution in [2.75, 3.05) is 27.5 Å². The average molecular weight is 461 g/mol. The van der Waals surface area contributed by atoms with Gasteiger partial charge in [-0.2, -0.15) is 0 Å². The Labute approximate surface area is 183 Å². The van der Waals surface area contributed by atoms with E-state index >= 15 is 0 Å². The normalized spacial score (nSPS) is 17.5. The zero-order valence-electron chi connectivity index (χ0n) is 16.0. The standard InChI is InChI=1S/C20H20N4O3S3/c25-18(13-28-20-23-22-19(29-20)21-15-7-3-1-4-8-15)24(16-9-5-2-6-10-16)17-11-12-30(26,27)14-17/h1-10,17H,11-14H2,(H,21,22). The number of carbonyl (C=O) groups is 1. The Balaban J connectivity index is 1.43. The maximum absolute atomic E-state index is 13.1. The summed E-state index contributed by atoms with van der Waals surface area (Å²) in [5.74, 6) is 0.140. The zero-order chi connectivity index (χ0) is 21.0. The van der Waals surface area contributed by atoms with Crippen LogP contribution in [-0.2, 0) is 14.6 Å². The number of hydrogen-bond donors (Lipinski definition) is 1. The molecule has 7 nitrogen and oxygen atoms in total. The molecular formula is C20H20N4O3S3. The Kier molecular flexibility index (Phi) is 6.35. The Morgan fingerprint density at radius 1 is 1.10 bits per heavy atom. The van der Waals surface area contributed by atoms with Gasteiger partial charge in [0.2, 0.25) is 11.0 Å². The Hall–Kier alpha value is -2.43. The lowest BCUT2D eigenvalue weighted by molar-refractivity contribution is -0.116. The van der Waals surface area contributed by atoms with Crippen LogP contribution in [-0.4, -0.2) is 47.8 Å².